The van der Waals surface area contributed by atoms with E-state index in [0.717, 1.165) is 6.07 Å². The standard InChI is InChI=1S/C10H10F3NO/c11-7-2-9(13)8(12)1-6(7)3-10(15)4-14-5-10/h1-2,14-15H,3-5H2. The fraction of sp³-hybridized carbons (Fsp3) is 0.400. The molecule has 1 fully saturated rings. The van der Waals surface area contributed by atoms with Crippen molar-refractivity contribution in [2.24, 2.45) is 0 Å². The minimum absolute atomic E-state index is 0.00194. The quantitative estimate of drug-likeness (QED) is 0.724. The molecule has 1 heterocycles. The minimum atomic E-state index is -1.21. The van der Waals surface area contributed by atoms with Gasteiger partial charge in [-0.2, -0.15) is 0 Å². The normalized spacial score (nSPS) is 18.7. The van der Waals surface area contributed by atoms with Crippen LogP contribution in [-0.4, -0.2) is 23.8 Å². The van der Waals surface area contributed by atoms with Gasteiger partial charge in [-0.1, -0.05) is 0 Å². The van der Waals surface area contributed by atoms with Crippen molar-refractivity contribution < 1.29 is 18.3 Å². The zero-order valence-electron chi connectivity index (χ0n) is 7.86. The van der Waals surface area contributed by atoms with Gasteiger partial charge in [-0.3, -0.25) is 0 Å². The van der Waals surface area contributed by atoms with Crippen LogP contribution in [-0.2, 0) is 6.42 Å². The zero-order chi connectivity index (χ0) is 11.1. The zero-order valence-corrected chi connectivity index (χ0v) is 7.86. The van der Waals surface area contributed by atoms with E-state index in [0.29, 0.717) is 19.2 Å². The number of halogens is 3. The lowest BCUT2D eigenvalue weighted by Gasteiger charge is -2.37. The minimum Gasteiger partial charge on any atom is -0.387 e. The summed E-state index contributed by atoms with van der Waals surface area (Å²) in [4.78, 5) is 0. The van der Waals surface area contributed by atoms with Crippen LogP contribution in [0.25, 0.3) is 0 Å². The van der Waals surface area contributed by atoms with Crippen molar-refractivity contribution in [3.8, 4) is 0 Å². The molecule has 0 amide bonds. The molecule has 15 heavy (non-hydrogen) atoms. The third-order valence-corrected chi connectivity index (χ3v) is 2.52. The van der Waals surface area contributed by atoms with Gasteiger partial charge in [0, 0.05) is 25.6 Å². The van der Waals surface area contributed by atoms with E-state index in [1.807, 2.05) is 0 Å². The monoisotopic (exact) mass is 217 g/mol. The first kappa shape index (κ1) is 10.4. The molecular weight excluding hydrogens is 207 g/mol. The highest BCUT2D eigenvalue weighted by Crippen LogP contribution is 2.21. The van der Waals surface area contributed by atoms with Crippen molar-refractivity contribution in [3.63, 3.8) is 0 Å². The number of benzene rings is 1. The molecule has 1 aliphatic heterocycles. The molecule has 0 atom stereocenters. The molecule has 0 spiro atoms. The highest BCUT2D eigenvalue weighted by atomic mass is 19.2. The lowest BCUT2D eigenvalue weighted by atomic mass is 9.89. The molecule has 1 saturated heterocycles. The fourth-order valence-corrected chi connectivity index (χ4v) is 1.59. The maximum atomic E-state index is 13.2. The third-order valence-electron chi connectivity index (χ3n) is 2.52. The summed E-state index contributed by atoms with van der Waals surface area (Å²) in [5, 5.41) is 12.5. The molecule has 1 aliphatic rings. The largest absolute Gasteiger partial charge is 0.387 e. The Hall–Kier alpha value is -1.07. The van der Waals surface area contributed by atoms with Crippen molar-refractivity contribution in [2.45, 2.75) is 12.0 Å². The smallest absolute Gasteiger partial charge is 0.161 e. The summed E-state index contributed by atoms with van der Waals surface area (Å²) in [5.74, 6) is -3.13. The molecule has 0 radical (unpaired) electrons. The number of hydrogen-bond acceptors (Lipinski definition) is 2. The predicted octanol–water partition coefficient (Wildman–Crippen LogP) is 0.981. The van der Waals surface area contributed by atoms with Crippen molar-refractivity contribution in [2.75, 3.05) is 13.1 Å². The second-order valence-corrected chi connectivity index (χ2v) is 3.86. The summed E-state index contributed by atoms with van der Waals surface area (Å²) >= 11 is 0. The molecule has 5 heteroatoms. The summed E-state index contributed by atoms with van der Waals surface area (Å²) in [6, 6.07) is 1.29. The second-order valence-electron chi connectivity index (χ2n) is 3.86. The molecule has 0 saturated carbocycles. The van der Waals surface area contributed by atoms with Crippen molar-refractivity contribution >= 4 is 0 Å². The van der Waals surface area contributed by atoms with Gasteiger partial charge in [-0.05, 0) is 11.6 Å². The Labute approximate surface area is 84.7 Å². The van der Waals surface area contributed by atoms with Crippen molar-refractivity contribution in [3.05, 3.63) is 35.1 Å². The maximum Gasteiger partial charge on any atom is 0.161 e. The van der Waals surface area contributed by atoms with Gasteiger partial charge in [-0.15, -0.1) is 0 Å². The van der Waals surface area contributed by atoms with Gasteiger partial charge in [0.1, 0.15) is 5.82 Å². The van der Waals surface area contributed by atoms with Gasteiger partial charge >= 0.3 is 0 Å². The Balaban J connectivity index is 2.24. The molecule has 1 aromatic carbocycles. The molecule has 2 rings (SSSR count). The topological polar surface area (TPSA) is 32.3 Å². The van der Waals surface area contributed by atoms with Gasteiger partial charge in [0.2, 0.25) is 0 Å². The van der Waals surface area contributed by atoms with E-state index in [9.17, 15) is 18.3 Å². The van der Waals surface area contributed by atoms with Crippen LogP contribution in [0.2, 0.25) is 0 Å². The fourth-order valence-electron chi connectivity index (χ4n) is 1.59. The van der Waals surface area contributed by atoms with Crippen LogP contribution in [0.3, 0.4) is 0 Å². The van der Waals surface area contributed by atoms with Crippen LogP contribution in [0.15, 0.2) is 12.1 Å². The molecule has 0 bridgehead atoms. The highest BCUT2D eigenvalue weighted by molar-refractivity contribution is 5.23. The van der Waals surface area contributed by atoms with Crippen LogP contribution in [0.1, 0.15) is 5.56 Å². The van der Waals surface area contributed by atoms with Gasteiger partial charge in [0.15, 0.2) is 11.6 Å². The van der Waals surface area contributed by atoms with Gasteiger partial charge in [0.05, 0.1) is 5.60 Å². The van der Waals surface area contributed by atoms with Gasteiger partial charge in [-0.25, -0.2) is 13.2 Å². The van der Waals surface area contributed by atoms with E-state index in [1.54, 1.807) is 0 Å². The molecule has 0 aliphatic carbocycles. The first-order chi connectivity index (χ1) is 7.00. The molecule has 2 nitrogen and oxygen atoms in total. The Morgan fingerprint density at radius 3 is 2.27 bits per heavy atom. The first-order valence-corrected chi connectivity index (χ1v) is 4.57. The van der Waals surface area contributed by atoms with E-state index in [4.69, 9.17) is 0 Å². The van der Waals surface area contributed by atoms with Crippen LogP contribution >= 0.6 is 0 Å². The lowest BCUT2D eigenvalue weighted by molar-refractivity contribution is -0.00975. The molecule has 82 valence electrons. The summed E-state index contributed by atoms with van der Waals surface area (Å²) in [6.07, 6.45) is -0.0109. The molecule has 0 aromatic heterocycles. The van der Waals surface area contributed by atoms with E-state index < -0.39 is 23.1 Å². The van der Waals surface area contributed by atoms with E-state index in [1.165, 1.54) is 0 Å². The van der Waals surface area contributed by atoms with Crippen LogP contribution in [0, 0.1) is 17.5 Å². The lowest BCUT2D eigenvalue weighted by Crippen LogP contribution is -2.60. The third kappa shape index (κ3) is 1.98. The SMILES string of the molecule is OC1(Cc2cc(F)c(F)cc2F)CNC1. The summed E-state index contributed by atoms with van der Waals surface area (Å²) in [5.41, 5.74) is -1.04. The Morgan fingerprint density at radius 2 is 1.73 bits per heavy atom. The average molecular weight is 217 g/mol. The summed E-state index contributed by atoms with van der Waals surface area (Å²) in [7, 11) is 0. The highest BCUT2D eigenvalue weighted by Gasteiger charge is 2.35. The number of rotatable bonds is 2. The Bertz CT molecular complexity index is 390. The maximum absolute atomic E-state index is 13.2. The predicted molar refractivity (Wildman–Crippen MR) is 47.8 cm³/mol. The number of nitrogens with one attached hydrogen (secondary N) is 1. The molecular formula is C10H10F3NO. The van der Waals surface area contributed by atoms with E-state index in [2.05, 4.69) is 5.32 Å². The van der Waals surface area contributed by atoms with Gasteiger partial charge in [0.25, 0.3) is 0 Å². The van der Waals surface area contributed by atoms with E-state index in [-0.39, 0.29) is 12.0 Å². The average Bonchev–Trinajstić information content (AvgIpc) is 2.11. The molecule has 1 aromatic rings. The van der Waals surface area contributed by atoms with E-state index >= 15 is 0 Å². The number of hydrogen-bond donors (Lipinski definition) is 2. The Morgan fingerprint density at radius 1 is 1.13 bits per heavy atom. The van der Waals surface area contributed by atoms with Crippen molar-refractivity contribution in [1.82, 2.24) is 5.32 Å². The second kappa shape index (κ2) is 3.50. The molecule has 0 unspecified atom stereocenters. The Kier molecular flexibility index (Phi) is 2.44. The van der Waals surface area contributed by atoms with Crippen molar-refractivity contribution in [1.29, 1.82) is 0 Å². The van der Waals surface area contributed by atoms with Crippen LogP contribution in [0.5, 0.6) is 0 Å². The molecule has 2 N–H and O–H groups in total. The number of β-amino-alcohol motifs (C(OH)–C–C–N with tert-alkyl or cyclic N) is 1. The number of aliphatic hydroxyl groups is 1. The first-order valence-electron chi connectivity index (χ1n) is 4.57. The summed E-state index contributed by atoms with van der Waals surface area (Å²) in [6.45, 7) is 0.677. The summed E-state index contributed by atoms with van der Waals surface area (Å²) < 4.78 is 38.6. The van der Waals surface area contributed by atoms with Crippen LogP contribution in [0.4, 0.5) is 13.2 Å². The van der Waals surface area contributed by atoms with Gasteiger partial charge < -0.3 is 10.4 Å². The van der Waals surface area contributed by atoms with Crippen LogP contribution < -0.4 is 5.32 Å².